The van der Waals surface area contributed by atoms with Gasteiger partial charge in [0.2, 0.25) is 0 Å². The van der Waals surface area contributed by atoms with Gasteiger partial charge in [0.25, 0.3) is 0 Å². The Morgan fingerprint density at radius 2 is 1.95 bits per heavy atom. The number of nitrogen functional groups attached to an aromatic ring is 1. The van der Waals surface area contributed by atoms with E-state index >= 15 is 0 Å². The third-order valence-electron chi connectivity index (χ3n) is 3.37. The second-order valence-electron chi connectivity index (χ2n) is 4.91. The summed E-state index contributed by atoms with van der Waals surface area (Å²) < 4.78 is 5.25. The lowest BCUT2D eigenvalue weighted by Crippen LogP contribution is -1.97. The maximum atomic E-state index is 5.84. The molecule has 3 rings (SSSR count). The topological polar surface area (TPSA) is 60.2 Å². The van der Waals surface area contributed by atoms with Gasteiger partial charge in [-0.25, -0.2) is 0 Å². The number of nitrogens with two attached hydrogens (primary N) is 1. The van der Waals surface area contributed by atoms with Crippen molar-refractivity contribution in [2.75, 3.05) is 18.2 Å². The molecule has 0 unspecified atom stereocenters. The van der Waals surface area contributed by atoms with Crippen LogP contribution < -0.4 is 15.8 Å². The van der Waals surface area contributed by atoms with Crippen LogP contribution in [0.15, 0.2) is 48.5 Å². The molecule has 0 fully saturated rings. The molecule has 0 amide bonds. The third kappa shape index (κ3) is 2.60. The van der Waals surface area contributed by atoms with Crippen molar-refractivity contribution < 1.29 is 4.74 Å². The number of pyridine rings is 1. The van der Waals surface area contributed by atoms with Gasteiger partial charge in [0, 0.05) is 22.8 Å². The first-order valence-corrected chi connectivity index (χ1v) is 6.74. The Kier molecular flexibility index (Phi) is 3.36. The van der Waals surface area contributed by atoms with Crippen LogP contribution in [0.4, 0.5) is 17.1 Å². The average molecular weight is 279 g/mol. The number of hydrogen-bond acceptors (Lipinski definition) is 4. The quantitative estimate of drug-likeness (QED) is 0.714. The van der Waals surface area contributed by atoms with E-state index in [-0.39, 0.29) is 0 Å². The van der Waals surface area contributed by atoms with Crippen LogP contribution in [0, 0.1) is 6.92 Å². The molecule has 0 aliphatic carbocycles. The van der Waals surface area contributed by atoms with Gasteiger partial charge in [0.1, 0.15) is 5.75 Å². The molecule has 3 aromatic rings. The van der Waals surface area contributed by atoms with Gasteiger partial charge in [-0.05, 0) is 31.2 Å². The Morgan fingerprint density at radius 1 is 1.10 bits per heavy atom. The zero-order chi connectivity index (χ0) is 14.8. The van der Waals surface area contributed by atoms with Crippen LogP contribution in [0.25, 0.3) is 10.9 Å². The van der Waals surface area contributed by atoms with E-state index in [9.17, 15) is 0 Å². The maximum Gasteiger partial charge on any atom is 0.143 e. The molecule has 1 aromatic heterocycles. The highest BCUT2D eigenvalue weighted by molar-refractivity contribution is 5.92. The zero-order valence-electron chi connectivity index (χ0n) is 12.1. The second kappa shape index (κ2) is 5.32. The molecule has 0 aliphatic heterocycles. The molecule has 4 nitrogen and oxygen atoms in total. The molecule has 0 saturated carbocycles. The molecule has 0 radical (unpaired) electrons. The van der Waals surface area contributed by atoms with Crippen molar-refractivity contribution in [3.63, 3.8) is 0 Å². The molecule has 2 aromatic carbocycles. The lowest BCUT2D eigenvalue weighted by atomic mass is 10.1. The van der Waals surface area contributed by atoms with Gasteiger partial charge in [0.15, 0.2) is 0 Å². The lowest BCUT2D eigenvalue weighted by Gasteiger charge is -2.12. The number of nitrogens with zero attached hydrogens (tertiary/aromatic N) is 1. The van der Waals surface area contributed by atoms with Crippen LogP contribution in [-0.2, 0) is 0 Å². The summed E-state index contributed by atoms with van der Waals surface area (Å²) in [7, 11) is 1.61. The molecule has 0 spiro atoms. The van der Waals surface area contributed by atoms with E-state index in [4.69, 9.17) is 10.5 Å². The molecule has 1 heterocycles. The molecule has 0 aliphatic rings. The first-order valence-electron chi connectivity index (χ1n) is 6.74. The number of aromatic nitrogens is 1. The van der Waals surface area contributed by atoms with E-state index in [1.807, 2.05) is 43.3 Å². The number of ether oxygens (including phenoxy) is 1. The molecule has 0 saturated heterocycles. The summed E-state index contributed by atoms with van der Waals surface area (Å²) in [6.45, 7) is 1.99. The second-order valence-corrected chi connectivity index (χ2v) is 4.91. The van der Waals surface area contributed by atoms with Gasteiger partial charge in [-0.1, -0.05) is 18.2 Å². The van der Waals surface area contributed by atoms with Crippen molar-refractivity contribution in [2.45, 2.75) is 6.92 Å². The van der Waals surface area contributed by atoms with E-state index in [1.54, 1.807) is 7.11 Å². The maximum absolute atomic E-state index is 5.84. The Morgan fingerprint density at radius 3 is 2.76 bits per heavy atom. The standard InChI is InChI=1S/C17H17N3O/c1-11-6-7-12-4-3-5-15(17(12)19-11)20-13-8-9-14(18)16(10-13)21-2/h3-10,20H,18H2,1-2H3. The van der Waals surface area contributed by atoms with Gasteiger partial charge in [0.05, 0.1) is 24.0 Å². The number of benzene rings is 2. The van der Waals surface area contributed by atoms with Crippen molar-refractivity contribution in [1.82, 2.24) is 4.98 Å². The van der Waals surface area contributed by atoms with Crippen molar-refractivity contribution in [2.24, 2.45) is 0 Å². The molecule has 106 valence electrons. The van der Waals surface area contributed by atoms with Gasteiger partial charge in [-0.3, -0.25) is 4.98 Å². The summed E-state index contributed by atoms with van der Waals surface area (Å²) in [4.78, 5) is 4.61. The van der Waals surface area contributed by atoms with E-state index in [0.29, 0.717) is 11.4 Å². The molecule has 0 atom stereocenters. The number of methoxy groups -OCH3 is 1. The van der Waals surface area contributed by atoms with Crippen molar-refractivity contribution >= 4 is 28.0 Å². The Hall–Kier alpha value is -2.75. The highest BCUT2D eigenvalue weighted by Crippen LogP contribution is 2.29. The predicted octanol–water partition coefficient (Wildman–Crippen LogP) is 3.88. The summed E-state index contributed by atoms with van der Waals surface area (Å²) in [6.07, 6.45) is 0. The number of hydrogen-bond donors (Lipinski definition) is 2. The summed E-state index contributed by atoms with van der Waals surface area (Å²) in [5.74, 6) is 0.657. The number of aryl methyl sites for hydroxylation is 1. The Labute approximate surface area is 123 Å². The minimum atomic E-state index is 0.620. The molecular formula is C17H17N3O. The first-order chi connectivity index (χ1) is 10.2. The number of nitrogens with one attached hydrogen (secondary N) is 1. The van der Waals surface area contributed by atoms with E-state index < -0.39 is 0 Å². The van der Waals surface area contributed by atoms with Crippen molar-refractivity contribution in [1.29, 1.82) is 0 Å². The minimum absolute atomic E-state index is 0.620. The summed E-state index contributed by atoms with van der Waals surface area (Å²) >= 11 is 0. The van der Waals surface area contributed by atoms with Crippen LogP contribution in [-0.4, -0.2) is 12.1 Å². The first kappa shape index (κ1) is 13.2. The van der Waals surface area contributed by atoms with E-state index in [2.05, 4.69) is 22.4 Å². The zero-order valence-corrected chi connectivity index (χ0v) is 12.1. The van der Waals surface area contributed by atoms with Crippen molar-refractivity contribution in [3.8, 4) is 5.75 Å². The fourth-order valence-electron chi connectivity index (χ4n) is 2.29. The highest BCUT2D eigenvalue weighted by Gasteiger charge is 2.05. The Balaban J connectivity index is 2.03. The lowest BCUT2D eigenvalue weighted by molar-refractivity contribution is 0.417. The smallest absolute Gasteiger partial charge is 0.143 e. The Bertz CT molecular complexity index is 799. The molecule has 4 heteroatoms. The minimum Gasteiger partial charge on any atom is -0.495 e. The molecule has 21 heavy (non-hydrogen) atoms. The third-order valence-corrected chi connectivity index (χ3v) is 3.37. The van der Waals surface area contributed by atoms with E-state index in [0.717, 1.165) is 28.0 Å². The monoisotopic (exact) mass is 279 g/mol. The van der Waals surface area contributed by atoms with E-state index in [1.165, 1.54) is 0 Å². The van der Waals surface area contributed by atoms with Gasteiger partial charge >= 0.3 is 0 Å². The summed E-state index contributed by atoms with van der Waals surface area (Å²) in [5, 5.41) is 4.48. The SMILES string of the molecule is COc1cc(Nc2cccc3ccc(C)nc23)ccc1N. The summed E-state index contributed by atoms with van der Waals surface area (Å²) in [6, 6.07) is 15.8. The van der Waals surface area contributed by atoms with Crippen LogP contribution in [0.2, 0.25) is 0 Å². The van der Waals surface area contributed by atoms with Gasteiger partial charge in [-0.15, -0.1) is 0 Å². The number of fused-ring (bicyclic) bond motifs is 1. The molecule has 0 bridgehead atoms. The number of rotatable bonds is 3. The van der Waals surface area contributed by atoms with Crippen molar-refractivity contribution in [3.05, 3.63) is 54.2 Å². The fraction of sp³-hybridized carbons (Fsp3) is 0.118. The van der Waals surface area contributed by atoms with Gasteiger partial charge < -0.3 is 15.8 Å². The molecule has 3 N–H and O–H groups in total. The van der Waals surface area contributed by atoms with Crippen LogP contribution in [0.5, 0.6) is 5.75 Å². The number of anilines is 3. The normalized spacial score (nSPS) is 10.6. The fourth-order valence-corrected chi connectivity index (χ4v) is 2.29. The predicted molar refractivity (Wildman–Crippen MR) is 87.2 cm³/mol. The number of para-hydroxylation sites is 1. The average Bonchev–Trinajstić information content (AvgIpc) is 2.50. The van der Waals surface area contributed by atoms with Crippen LogP contribution in [0.3, 0.4) is 0 Å². The largest absolute Gasteiger partial charge is 0.495 e. The van der Waals surface area contributed by atoms with Gasteiger partial charge in [-0.2, -0.15) is 0 Å². The van der Waals surface area contributed by atoms with Crippen LogP contribution in [0.1, 0.15) is 5.69 Å². The molecular weight excluding hydrogens is 262 g/mol. The highest BCUT2D eigenvalue weighted by atomic mass is 16.5. The van der Waals surface area contributed by atoms with Crippen LogP contribution >= 0.6 is 0 Å². The summed E-state index contributed by atoms with van der Waals surface area (Å²) in [5.41, 5.74) is 10.3.